The fraction of sp³-hybridized carbons (Fsp3) is 1.00. The third-order valence-electron chi connectivity index (χ3n) is 1.46. The highest BCUT2D eigenvalue weighted by Gasteiger charge is 1.98. The summed E-state index contributed by atoms with van der Waals surface area (Å²) in [4.78, 5) is 0. The second-order valence-electron chi connectivity index (χ2n) is 2.67. The smallest absolute Gasteiger partial charge is 0.0800 e. The largest absolute Gasteiger partial charge is 0.315 e. The number of alkyl halides is 2. The molecule has 2 unspecified atom stereocenters. The van der Waals surface area contributed by atoms with Crippen molar-refractivity contribution in [3.05, 3.63) is 0 Å². The van der Waals surface area contributed by atoms with E-state index in [-0.39, 0.29) is 11.0 Å². The van der Waals surface area contributed by atoms with E-state index in [4.69, 9.17) is 34.7 Å². The van der Waals surface area contributed by atoms with Crippen LogP contribution in [-0.4, -0.2) is 11.0 Å². The fourth-order valence-electron chi connectivity index (χ4n) is 0.855. The molecule has 0 spiro atoms. The molecule has 2 atom stereocenters. The van der Waals surface area contributed by atoms with Gasteiger partial charge in [-0.25, -0.2) is 0 Å². The average Bonchev–Trinajstić information content (AvgIpc) is 1.85. The summed E-state index contributed by atoms with van der Waals surface area (Å²) in [5.41, 5.74) is 10.3. The highest BCUT2D eigenvalue weighted by molar-refractivity contribution is 6.20. The van der Waals surface area contributed by atoms with Gasteiger partial charge in [-0.2, -0.15) is 0 Å². The molecule has 0 aromatic heterocycles. The van der Waals surface area contributed by atoms with Gasteiger partial charge in [-0.15, -0.1) is 23.2 Å². The van der Waals surface area contributed by atoms with Gasteiger partial charge in [-0.05, 0) is 12.8 Å². The van der Waals surface area contributed by atoms with E-state index >= 15 is 0 Å². The Morgan fingerprint density at radius 1 is 0.818 bits per heavy atom. The number of nitrogens with two attached hydrogens (primary N) is 2. The molecule has 0 fully saturated rings. The second kappa shape index (κ2) is 7.17. The maximum absolute atomic E-state index is 5.55. The van der Waals surface area contributed by atoms with Crippen LogP contribution in [0.2, 0.25) is 0 Å². The van der Waals surface area contributed by atoms with Gasteiger partial charge in [0.05, 0.1) is 11.0 Å². The Labute approximate surface area is 78.2 Å². The highest BCUT2D eigenvalue weighted by atomic mass is 35.5. The molecule has 0 aliphatic heterocycles. The van der Waals surface area contributed by atoms with Crippen LogP contribution in [-0.2, 0) is 0 Å². The summed E-state index contributed by atoms with van der Waals surface area (Å²) >= 11 is 11.1. The summed E-state index contributed by atoms with van der Waals surface area (Å²) < 4.78 is 0. The lowest BCUT2D eigenvalue weighted by atomic mass is 10.1. The van der Waals surface area contributed by atoms with Gasteiger partial charge in [0, 0.05) is 0 Å². The summed E-state index contributed by atoms with van der Waals surface area (Å²) in [5, 5.41) is 0. The lowest BCUT2D eigenvalue weighted by Crippen LogP contribution is -2.12. The van der Waals surface area contributed by atoms with Gasteiger partial charge in [-0.1, -0.05) is 19.3 Å². The molecule has 0 amide bonds. The van der Waals surface area contributed by atoms with E-state index in [0.717, 1.165) is 32.1 Å². The van der Waals surface area contributed by atoms with Crippen LogP contribution in [0.25, 0.3) is 0 Å². The first kappa shape index (κ1) is 11.5. The Hall–Kier alpha value is 0.500. The first-order valence-corrected chi connectivity index (χ1v) is 4.79. The first-order valence-electron chi connectivity index (χ1n) is 3.92. The van der Waals surface area contributed by atoms with Gasteiger partial charge in [0.2, 0.25) is 0 Å². The first-order chi connectivity index (χ1) is 5.13. The van der Waals surface area contributed by atoms with Crippen molar-refractivity contribution in [1.82, 2.24) is 0 Å². The summed E-state index contributed by atoms with van der Waals surface area (Å²) in [7, 11) is 0. The molecule has 2 nitrogen and oxygen atoms in total. The number of unbranched alkanes of at least 4 members (excludes halogenated alkanes) is 2. The van der Waals surface area contributed by atoms with Crippen molar-refractivity contribution < 1.29 is 0 Å². The zero-order valence-electron chi connectivity index (χ0n) is 6.60. The van der Waals surface area contributed by atoms with Crippen LogP contribution in [0, 0.1) is 0 Å². The van der Waals surface area contributed by atoms with Gasteiger partial charge in [0.1, 0.15) is 0 Å². The molecule has 0 aromatic rings. The molecule has 0 aliphatic carbocycles. The van der Waals surface area contributed by atoms with Crippen molar-refractivity contribution >= 4 is 23.2 Å². The molecule has 0 rings (SSSR count). The van der Waals surface area contributed by atoms with Crippen LogP contribution in [0.15, 0.2) is 0 Å². The second-order valence-corrected chi connectivity index (χ2v) is 3.79. The molecule has 0 saturated carbocycles. The molecule has 68 valence electrons. The van der Waals surface area contributed by atoms with Crippen LogP contribution >= 0.6 is 23.2 Å². The average molecular weight is 199 g/mol. The standard InChI is InChI=1S/C7H16Cl2N2/c8-6(10)4-2-1-3-5-7(9)11/h6-7H,1-5,10-11H2. The Balaban J connectivity index is 2.91. The minimum atomic E-state index is -0.195. The number of hydrogen-bond acceptors (Lipinski definition) is 2. The highest BCUT2D eigenvalue weighted by Crippen LogP contribution is 2.08. The lowest BCUT2D eigenvalue weighted by Gasteiger charge is -2.03. The third-order valence-corrected chi connectivity index (χ3v) is 1.90. The molecule has 11 heavy (non-hydrogen) atoms. The Bertz CT molecular complexity index is 76.5. The zero-order valence-corrected chi connectivity index (χ0v) is 8.11. The summed E-state index contributed by atoms with van der Waals surface area (Å²) in [6, 6.07) is 0. The molecule has 0 aromatic carbocycles. The molecular weight excluding hydrogens is 183 g/mol. The predicted octanol–water partition coefficient (Wildman–Crippen LogP) is 1.98. The molecule has 4 N–H and O–H groups in total. The normalized spacial score (nSPS) is 16.4. The van der Waals surface area contributed by atoms with Crippen LogP contribution in [0.5, 0.6) is 0 Å². The number of hydrogen-bond donors (Lipinski definition) is 2. The van der Waals surface area contributed by atoms with Gasteiger partial charge in [0.25, 0.3) is 0 Å². The Morgan fingerprint density at radius 2 is 1.18 bits per heavy atom. The van der Waals surface area contributed by atoms with Crippen LogP contribution in [0.4, 0.5) is 0 Å². The third kappa shape index (κ3) is 10.5. The predicted molar refractivity (Wildman–Crippen MR) is 50.7 cm³/mol. The number of halogens is 2. The summed E-state index contributed by atoms with van der Waals surface area (Å²) in [6.45, 7) is 0. The SMILES string of the molecule is NC(Cl)CCCCCC(N)Cl. The molecule has 0 radical (unpaired) electrons. The van der Waals surface area contributed by atoms with Crippen LogP contribution in [0.3, 0.4) is 0 Å². The van der Waals surface area contributed by atoms with Crippen molar-refractivity contribution in [1.29, 1.82) is 0 Å². The maximum atomic E-state index is 5.55. The van der Waals surface area contributed by atoms with Gasteiger partial charge >= 0.3 is 0 Å². The van der Waals surface area contributed by atoms with E-state index in [0.29, 0.717) is 0 Å². The van der Waals surface area contributed by atoms with Crippen LogP contribution < -0.4 is 11.5 Å². The minimum Gasteiger partial charge on any atom is -0.315 e. The molecule has 0 saturated heterocycles. The maximum Gasteiger partial charge on any atom is 0.0800 e. The fourth-order valence-corrected chi connectivity index (χ4v) is 1.16. The molecule has 4 heteroatoms. The van der Waals surface area contributed by atoms with Crippen molar-refractivity contribution in [2.75, 3.05) is 0 Å². The van der Waals surface area contributed by atoms with Crippen molar-refractivity contribution in [3.8, 4) is 0 Å². The monoisotopic (exact) mass is 198 g/mol. The Kier molecular flexibility index (Phi) is 7.49. The molecule has 0 bridgehead atoms. The minimum absolute atomic E-state index is 0.195. The quantitative estimate of drug-likeness (QED) is 0.390. The zero-order chi connectivity index (χ0) is 8.69. The van der Waals surface area contributed by atoms with E-state index in [1.54, 1.807) is 0 Å². The molecule has 0 heterocycles. The topological polar surface area (TPSA) is 52.0 Å². The Morgan fingerprint density at radius 3 is 1.45 bits per heavy atom. The van der Waals surface area contributed by atoms with E-state index < -0.39 is 0 Å². The summed E-state index contributed by atoms with van der Waals surface area (Å²) in [5.74, 6) is 0. The summed E-state index contributed by atoms with van der Waals surface area (Å²) in [6.07, 6.45) is 4.99. The van der Waals surface area contributed by atoms with E-state index in [9.17, 15) is 0 Å². The van der Waals surface area contributed by atoms with Gasteiger partial charge < -0.3 is 11.5 Å². The molecular formula is C7H16Cl2N2. The van der Waals surface area contributed by atoms with Gasteiger partial charge in [-0.3, -0.25) is 0 Å². The van der Waals surface area contributed by atoms with E-state index in [1.807, 2.05) is 0 Å². The van der Waals surface area contributed by atoms with Crippen molar-refractivity contribution in [2.45, 2.75) is 43.1 Å². The van der Waals surface area contributed by atoms with Crippen molar-refractivity contribution in [2.24, 2.45) is 11.5 Å². The van der Waals surface area contributed by atoms with Crippen molar-refractivity contribution in [3.63, 3.8) is 0 Å². The van der Waals surface area contributed by atoms with E-state index in [1.165, 1.54) is 0 Å². The lowest BCUT2D eigenvalue weighted by molar-refractivity contribution is 0.596. The number of rotatable bonds is 6. The van der Waals surface area contributed by atoms with Gasteiger partial charge in [0.15, 0.2) is 0 Å². The van der Waals surface area contributed by atoms with Crippen LogP contribution in [0.1, 0.15) is 32.1 Å². The van der Waals surface area contributed by atoms with E-state index in [2.05, 4.69) is 0 Å². The molecule has 0 aliphatic rings.